The van der Waals surface area contributed by atoms with Crippen LogP contribution in [0, 0.1) is 0 Å². The van der Waals surface area contributed by atoms with Crippen molar-refractivity contribution in [1.82, 2.24) is 0 Å². The molecule has 7 heteroatoms. The van der Waals surface area contributed by atoms with Crippen molar-refractivity contribution in [1.29, 1.82) is 0 Å². The monoisotopic (exact) mass is 303 g/mol. The number of carbonyl (C=O) groups excluding carboxylic acids is 3. The van der Waals surface area contributed by atoms with Crippen LogP contribution in [0.5, 0.6) is 5.75 Å². The molecule has 0 aliphatic carbocycles. The van der Waals surface area contributed by atoms with Gasteiger partial charge in [0.25, 0.3) is 0 Å². The molecular weight excluding hydrogens is 290 g/mol. The van der Waals surface area contributed by atoms with E-state index in [2.05, 4.69) is 10.1 Å². The molecule has 0 unspecified atom stereocenters. The summed E-state index contributed by atoms with van der Waals surface area (Å²) in [5.74, 6) is -3.79. The molecule has 0 saturated heterocycles. The van der Waals surface area contributed by atoms with Crippen LogP contribution in [-0.4, -0.2) is 27.9 Å². The molecule has 0 spiro atoms. The lowest BCUT2D eigenvalue weighted by Gasteiger charge is -2.18. The Morgan fingerprint density at radius 1 is 1.09 bits per heavy atom. The number of nitrogens with one attached hydrogen (secondary N) is 1. The lowest BCUT2D eigenvalue weighted by molar-refractivity contribution is -0.155. The number of Topliss-reactive ketones (excluding diaryl/α,β-unsaturated/α-hetero) is 1. The van der Waals surface area contributed by atoms with Gasteiger partial charge in [0.15, 0.2) is 5.78 Å². The zero-order chi connectivity index (χ0) is 16.4. The minimum Gasteiger partial charge on any atom is -0.506 e. The average Bonchev–Trinajstić information content (AvgIpc) is 2.40. The molecule has 0 radical (unpaired) electrons. The van der Waals surface area contributed by atoms with Crippen LogP contribution in [0.15, 0.2) is 46.9 Å². The number of phenolic OH excluding ortho intramolecular Hbond substituents is 1. The smallest absolute Gasteiger partial charge is 0.353 e. The van der Waals surface area contributed by atoms with Crippen molar-refractivity contribution in [2.45, 2.75) is 13.8 Å². The Morgan fingerprint density at radius 2 is 1.73 bits per heavy atom. The molecule has 22 heavy (non-hydrogen) atoms. The molecule has 0 aromatic heterocycles. The van der Waals surface area contributed by atoms with Crippen molar-refractivity contribution < 1.29 is 29.3 Å². The average molecular weight is 303 g/mol. The van der Waals surface area contributed by atoms with Gasteiger partial charge in [0, 0.05) is 5.70 Å². The van der Waals surface area contributed by atoms with Gasteiger partial charge >= 0.3 is 11.9 Å². The van der Waals surface area contributed by atoms with E-state index in [1.807, 2.05) is 0 Å². The van der Waals surface area contributed by atoms with Crippen LogP contribution in [0.25, 0.3) is 0 Å². The van der Waals surface area contributed by atoms with Gasteiger partial charge in [-0.3, -0.25) is 4.79 Å². The summed E-state index contributed by atoms with van der Waals surface area (Å²) in [5.41, 5.74) is -0.522. The number of cyclic esters (lactones) is 2. The van der Waals surface area contributed by atoms with Gasteiger partial charge < -0.3 is 20.3 Å². The zero-order valence-corrected chi connectivity index (χ0v) is 11.8. The second-order valence-corrected chi connectivity index (χ2v) is 4.60. The number of aromatic hydroxyl groups is 1. The Kier molecular flexibility index (Phi) is 3.98. The number of hydrogen-bond donors (Lipinski definition) is 3. The summed E-state index contributed by atoms with van der Waals surface area (Å²) < 4.78 is 4.46. The van der Waals surface area contributed by atoms with Crippen molar-refractivity contribution in [3.05, 3.63) is 46.9 Å². The molecule has 1 aromatic rings. The number of rotatable bonds is 3. The normalized spacial score (nSPS) is 17.2. The number of ketones is 1. The number of aliphatic hydroxyl groups excluding tert-OH is 1. The maximum Gasteiger partial charge on any atom is 0.353 e. The Labute approximate surface area is 125 Å². The first-order chi connectivity index (χ1) is 10.3. The number of aliphatic hydroxyl groups is 1. The van der Waals surface area contributed by atoms with Gasteiger partial charge in [-0.2, -0.15) is 0 Å². The number of phenols is 1. The van der Waals surface area contributed by atoms with Crippen LogP contribution in [-0.2, 0) is 19.1 Å². The maximum absolute atomic E-state index is 11.8. The second-order valence-electron chi connectivity index (χ2n) is 4.60. The second kappa shape index (κ2) is 5.72. The number of carbonyl (C=O) groups is 3. The molecule has 0 atom stereocenters. The summed E-state index contributed by atoms with van der Waals surface area (Å²) in [4.78, 5) is 34.7. The molecule has 0 bridgehead atoms. The third kappa shape index (κ3) is 2.69. The summed E-state index contributed by atoms with van der Waals surface area (Å²) in [6.45, 7) is 2.51. The van der Waals surface area contributed by atoms with Gasteiger partial charge in [-0.05, 0) is 26.0 Å². The maximum atomic E-state index is 11.8. The highest BCUT2D eigenvalue weighted by molar-refractivity contribution is 6.23. The topological polar surface area (TPSA) is 113 Å². The van der Waals surface area contributed by atoms with E-state index in [1.54, 1.807) is 18.2 Å². The molecule has 0 fully saturated rings. The van der Waals surface area contributed by atoms with Crippen LogP contribution in [0.4, 0.5) is 5.69 Å². The van der Waals surface area contributed by atoms with Crippen LogP contribution in [0.2, 0.25) is 0 Å². The van der Waals surface area contributed by atoms with Gasteiger partial charge in [-0.25, -0.2) is 9.59 Å². The van der Waals surface area contributed by atoms with E-state index in [-0.39, 0.29) is 22.7 Å². The number of para-hydroxylation sites is 2. The fraction of sp³-hybridized carbons (Fsp3) is 0.133. The first kappa shape index (κ1) is 15.3. The van der Waals surface area contributed by atoms with E-state index >= 15 is 0 Å². The molecule has 0 amide bonds. The van der Waals surface area contributed by atoms with Crippen LogP contribution >= 0.6 is 0 Å². The van der Waals surface area contributed by atoms with Crippen LogP contribution in [0.3, 0.4) is 0 Å². The fourth-order valence-corrected chi connectivity index (χ4v) is 1.99. The van der Waals surface area contributed by atoms with Gasteiger partial charge in [0.2, 0.25) is 0 Å². The first-order valence-electron chi connectivity index (χ1n) is 6.30. The molecule has 114 valence electrons. The quantitative estimate of drug-likeness (QED) is 0.255. The van der Waals surface area contributed by atoms with Crippen molar-refractivity contribution in [3.8, 4) is 5.75 Å². The summed E-state index contributed by atoms with van der Waals surface area (Å²) in [6.07, 6.45) is 0. The predicted octanol–water partition coefficient (Wildman–Crippen LogP) is 1.56. The lowest BCUT2D eigenvalue weighted by Crippen LogP contribution is -2.29. The Bertz CT molecular complexity index is 744. The Morgan fingerprint density at radius 3 is 2.32 bits per heavy atom. The van der Waals surface area contributed by atoms with E-state index in [1.165, 1.54) is 13.0 Å². The van der Waals surface area contributed by atoms with E-state index in [9.17, 15) is 24.6 Å². The van der Waals surface area contributed by atoms with E-state index < -0.39 is 29.1 Å². The first-order valence-corrected chi connectivity index (χ1v) is 6.30. The minimum absolute atomic E-state index is 0.0713. The standard InChI is InChI=1S/C15H13NO6/c1-7(16-9-5-3-4-6-10(9)18)11-13(19)12(8(2)17)15(21)22-14(11)20/h3-6,16,18-19H,1-2H3/b11-7-. The largest absolute Gasteiger partial charge is 0.506 e. The predicted molar refractivity (Wildman–Crippen MR) is 75.9 cm³/mol. The van der Waals surface area contributed by atoms with Gasteiger partial charge in [0.05, 0.1) is 5.69 Å². The summed E-state index contributed by atoms with van der Waals surface area (Å²) >= 11 is 0. The SMILES string of the molecule is CC(=O)C1=C(O)/C(=C(\C)Nc2ccccc2O)C(=O)OC1=O. The highest BCUT2D eigenvalue weighted by atomic mass is 16.6. The van der Waals surface area contributed by atoms with Crippen LogP contribution < -0.4 is 5.32 Å². The zero-order valence-electron chi connectivity index (χ0n) is 11.8. The molecule has 7 nitrogen and oxygen atoms in total. The van der Waals surface area contributed by atoms with Crippen molar-refractivity contribution in [3.63, 3.8) is 0 Å². The lowest BCUT2D eigenvalue weighted by atomic mass is 10.0. The third-order valence-corrected chi connectivity index (χ3v) is 3.02. The number of anilines is 1. The summed E-state index contributed by atoms with van der Waals surface area (Å²) in [7, 11) is 0. The van der Waals surface area contributed by atoms with Gasteiger partial charge in [-0.15, -0.1) is 0 Å². The number of hydrogen-bond acceptors (Lipinski definition) is 7. The highest BCUT2D eigenvalue weighted by Crippen LogP contribution is 2.28. The fourth-order valence-electron chi connectivity index (χ4n) is 1.99. The van der Waals surface area contributed by atoms with Crippen LogP contribution in [0.1, 0.15) is 13.8 Å². The molecule has 1 heterocycles. The van der Waals surface area contributed by atoms with Crippen molar-refractivity contribution in [2.24, 2.45) is 0 Å². The van der Waals surface area contributed by atoms with E-state index in [0.29, 0.717) is 0 Å². The molecule has 0 saturated carbocycles. The molecule has 1 aromatic carbocycles. The number of benzene rings is 1. The highest BCUT2D eigenvalue weighted by Gasteiger charge is 2.36. The van der Waals surface area contributed by atoms with Gasteiger partial charge in [-0.1, -0.05) is 12.1 Å². The molecular formula is C15H13NO6. The number of esters is 2. The molecule has 3 N–H and O–H groups in total. The van der Waals surface area contributed by atoms with Gasteiger partial charge in [0.1, 0.15) is 22.7 Å². The van der Waals surface area contributed by atoms with Crippen molar-refractivity contribution in [2.75, 3.05) is 5.32 Å². The van der Waals surface area contributed by atoms with Crippen molar-refractivity contribution >= 4 is 23.4 Å². The molecule has 2 rings (SSSR count). The van der Waals surface area contributed by atoms with E-state index in [0.717, 1.165) is 6.92 Å². The Hall–Kier alpha value is -3.09. The Balaban J connectivity index is 2.52. The summed E-state index contributed by atoms with van der Waals surface area (Å²) in [6, 6.07) is 6.24. The molecule has 1 aliphatic rings. The summed E-state index contributed by atoms with van der Waals surface area (Å²) in [5, 5.41) is 22.4. The third-order valence-electron chi connectivity index (χ3n) is 3.02. The minimum atomic E-state index is -1.19. The number of ether oxygens (including phenoxy) is 1. The van der Waals surface area contributed by atoms with E-state index in [4.69, 9.17) is 0 Å². The number of allylic oxidation sites excluding steroid dienone is 1. The molecule has 1 aliphatic heterocycles.